The van der Waals surface area contributed by atoms with Gasteiger partial charge in [-0.3, -0.25) is 0 Å². The lowest BCUT2D eigenvalue weighted by Crippen LogP contribution is -2.06. The van der Waals surface area contributed by atoms with Crippen LogP contribution < -0.4 is 4.74 Å². The molecule has 0 saturated carbocycles. The second kappa shape index (κ2) is 6.63. The summed E-state index contributed by atoms with van der Waals surface area (Å²) < 4.78 is 7.82. The fraction of sp³-hybridized carbons (Fsp3) is 0.278. The Morgan fingerprint density at radius 2 is 1.77 bits per heavy atom. The van der Waals surface area contributed by atoms with Crippen molar-refractivity contribution in [2.45, 2.75) is 33.1 Å². The molecule has 0 radical (unpaired) electrons. The van der Waals surface area contributed by atoms with Crippen molar-refractivity contribution in [1.82, 2.24) is 0 Å². The molecule has 0 unspecified atom stereocenters. The highest BCUT2D eigenvalue weighted by atomic mass is 32.1. The Morgan fingerprint density at radius 3 is 2.41 bits per heavy atom. The lowest BCUT2D eigenvalue weighted by atomic mass is 10.2. The van der Waals surface area contributed by atoms with E-state index < -0.39 is 0 Å². The van der Waals surface area contributed by atoms with E-state index in [4.69, 9.17) is 4.74 Å². The summed E-state index contributed by atoms with van der Waals surface area (Å²) in [4.78, 5) is 14.3. The predicted molar refractivity (Wildman–Crippen MR) is 94.5 cm³/mol. The fourth-order valence-corrected chi connectivity index (χ4v) is 4.71. The van der Waals surface area contributed by atoms with Gasteiger partial charge in [0.1, 0.15) is 10.6 Å². The van der Waals surface area contributed by atoms with E-state index in [0.717, 1.165) is 19.3 Å². The summed E-state index contributed by atoms with van der Waals surface area (Å²) >= 11 is 3.29. The smallest absolute Gasteiger partial charge is 0.353 e. The van der Waals surface area contributed by atoms with Gasteiger partial charge in [0, 0.05) is 14.3 Å². The van der Waals surface area contributed by atoms with Crippen molar-refractivity contribution in [1.29, 1.82) is 0 Å². The first-order chi connectivity index (χ1) is 10.7. The van der Waals surface area contributed by atoms with Crippen molar-refractivity contribution in [2.75, 3.05) is 0 Å². The summed E-state index contributed by atoms with van der Waals surface area (Å²) in [5, 5.41) is 0. The van der Waals surface area contributed by atoms with Gasteiger partial charge in [-0.1, -0.05) is 32.4 Å². The van der Waals surface area contributed by atoms with Gasteiger partial charge in [-0.15, -0.1) is 22.7 Å². The molecule has 0 N–H and O–H groups in total. The zero-order valence-corrected chi connectivity index (χ0v) is 14.4. The van der Waals surface area contributed by atoms with E-state index in [1.165, 1.54) is 31.2 Å². The number of hydrogen-bond donors (Lipinski definition) is 0. The van der Waals surface area contributed by atoms with Crippen LogP contribution in [0.5, 0.6) is 5.75 Å². The van der Waals surface area contributed by atoms with Crippen LogP contribution in [0.4, 0.5) is 0 Å². The van der Waals surface area contributed by atoms with Crippen LogP contribution in [0.1, 0.15) is 40.4 Å². The molecule has 1 aromatic carbocycles. The minimum atomic E-state index is -0.269. The Balaban J connectivity index is 1.74. The molecule has 0 aliphatic carbocycles. The molecule has 0 fully saturated rings. The summed E-state index contributed by atoms with van der Waals surface area (Å²) in [7, 11) is 0. The SMILES string of the molecule is CCCc1cc2sc(C(=O)Oc3ccc(CC)cc3)cc2s1. The monoisotopic (exact) mass is 330 g/mol. The van der Waals surface area contributed by atoms with Gasteiger partial charge in [0.25, 0.3) is 0 Å². The average Bonchev–Trinajstić information content (AvgIpc) is 3.07. The highest BCUT2D eigenvalue weighted by molar-refractivity contribution is 7.28. The van der Waals surface area contributed by atoms with Crippen LogP contribution >= 0.6 is 22.7 Å². The number of hydrogen-bond acceptors (Lipinski definition) is 4. The minimum absolute atomic E-state index is 0.269. The Bertz CT molecular complexity index is 750. The van der Waals surface area contributed by atoms with Gasteiger partial charge >= 0.3 is 5.97 Å². The van der Waals surface area contributed by atoms with Crippen molar-refractivity contribution < 1.29 is 9.53 Å². The first-order valence-electron chi connectivity index (χ1n) is 7.53. The summed E-state index contributed by atoms with van der Waals surface area (Å²) in [5.41, 5.74) is 1.24. The van der Waals surface area contributed by atoms with Crippen LogP contribution in [0.3, 0.4) is 0 Å². The number of carbonyl (C=O) groups excluding carboxylic acids is 1. The van der Waals surface area contributed by atoms with Crippen molar-refractivity contribution >= 4 is 38.0 Å². The van der Waals surface area contributed by atoms with Gasteiger partial charge < -0.3 is 4.74 Å². The molecule has 2 nitrogen and oxygen atoms in total. The number of benzene rings is 1. The van der Waals surface area contributed by atoms with Gasteiger partial charge in [-0.2, -0.15) is 0 Å². The van der Waals surface area contributed by atoms with Gasteiger partial charge in [-0.25, -0.2) is 4.79 Å². The third kappa shape index (κ3) is 3.23. The molecule has 2 heterocycles. The van der Waals surface area contributed by atoms with Crippen LogP contribution in [0.25, 0.3) is 9.40 Å². The molecule has 4 heteroatoms. The predicted octanol–water partition coefficient (Wildman–Crippen LogP) is 5.70. The van der Waals surface area contributed by atoms with Crippen LogP contribution in [0.2, 0.25) is 0 Å². The van der Waals surface area contributed by atoms with Crippen molar-refractivity contribution in [3.8, 4) is 5.75 Å². The van der Waals surface area contributed by atoms with E-state index in [-0.39, 0.29) is 5.97 Å². The van der Waals surface area contributed by atoms with E-state index in [1.54, 1.807) is 11.3 Å². The maximum absolute atomic E-state index is 12.2. The third-order valence-corrected chi connectivity index (χ3v) is 5.83. The third-order valence-electron chi connectivity index (χ3n) is 3.50. The molecule has 22 heavy (non-hydrogen) atoms. The Labute approximate surface area is 138 Å². The van der Waals surface area contributed by atoms with Crippen molar-refractivity contribution in [3.63, 3.8) is 0 Å². The molecule has 0 aliphatic heterocycles. The fourth-order valence-electron chi connectivity index (χ4n) is 2.31. The first kappa shape index (κ1) is 15.3. The molecule has 0 spiro atoms. The van der Waals surface area contributed by atoms with Gasteiger partial charge in [-0.05, 0) is 42.7 Å². The molecule has 0 saturated heterocycles. The topological polar surface area (TPSA) is 26.3 Å². The molecule has 2 aromatic heterocycles. The Hall–Kier alpha value is -1.65. The van der Waals surface area contributed by atoms with Gasteiger partial charge in [0.2, 0.25) is 0 Å². The largest absolute Gasteiger partial charge is 0.422 e. The van der Waals surface area contributed by atoms with E-state index in [0.29, 0.717) is 10.6 Å². The number of ether oxygens (including phenoxy) is 1. The summed E-state index contributed by atoms with van der Waals surface area (Å²) in [6.45, 7) is 4.28. The van der Waals surface area contributed by atoms with Crippen molar-refractivity contribution in [3.05, 3.63) is 51.7 Å². The average molecular weight is 330 g/mol. The number of aryl methyl sites for hydroxylation is 2. The van der Waals surface area contributed by atoms with Crippen LogP contribution in [-0.4, -0.2) is 5.97 Å². The lowest BCUT2D eigenvalue weighted by molar-refractivity contribution is 0.0740. The lowest BCUT2D eigenvalue weighted by Gasteiger charge is -2.03. The van der Waals surface area contributed by atoms with Gasteiger partial charge in [0.05, 0.1) is 0 Å². The first-order valence-corrected chi connectivity index (χ1v) is 9.16. The van der Waals surface area contributed by atoms with Gasteiger partial charge in [0.15, 0.2) is 0 Å². The van der Waals surface area contributed by atoms with Crippen LogP contribution in [0.15, 0.2) is 36.4 Å². The second-order valence-electron chi connectivity index (χ2n) is 5.19. The maximum atomic E-state index is 12.2. The van der Waals surface area contributed by atoms with Crippen molar-refractivity contribution in [2.24, 2.45) is 0 Å². The summed E-state index contributed by atoms with van der Waals surface area (Å²) in [6.07, 6.45) is 3.24. The van der Waals surface area contributed by atoms with E-state index >= 15 is 0 Å². The molecule has 0 amide bonds. The number of thiophene rings is 2. The molecular formula is C18H18O2S2. The van der Waals surface area contributed by atoms with E-state index in [9.17, 15) is 4.79 Å². The maximum Gasteiger partial charge on any atom is 0.353 e. The standard InChI is InChI=1S/C18H18O2S2/c1-3-5-14-10-15-16(21-14)11-17(22-15)18(19)20-13-8-6-12(4-2)7-9-13/h6-11H,3-5H2,1-2H3. The summed E-state index contributed by atoms with van der Waals surface area (Å²) in [6, 6.07) is 11.8. The van der Waals surface area contributed by atoms with E-state index in [1.807, 2.05) is 30.3 Å². The van der Waals surface area contributed by atoms with E-state index in [2.05, 4.69) is 19.9 Å². The highest BCUT2D eigenvalue weighted by Gasteiger charge is 2.14. The molecular weight excluding hydrogens is 312 g/mol. The Kier molecular flexibility index (Phi) is 4.60. The number of rotatable bonds is 5. The number of esters is 1. The second-order valence-corrected chi connectivity index (χ2v) is 7.44. The molecule has 0 bridgehead atoms. The molecule has 3 rings (SSSR count). The Morgan fingerprint density at radius 1 is 1.05 bits per heavy atom. The normalized spacial score (nSPS) is 11.0. The summed E-state index contributed by atoms with van der Waals surface area (Å²) in [5.74, 6) is 0.334. The van der Waals surface area contributed by atoms with Crippen LogP contribution in [0, 0.1) is 0 Å². The molecule has 114 valence electrons. The number of carbonyl (C=O) groups is 1. The minimum Gasteiger partial charge on any atom is -0.422 e. The molecule has 0 aliphatic rings. The quantitative estimate of drug-likeness (QED) is 0.443. The zero-order chi connectivity index (χ0) is 15.5. The van der Waals surface area contributed by atoms with Crippen LogP contribution in [-0.2, 0) is 12.8 Å². The molecule has 3 aromatic rings. The zero-order valence-electron chi connectivity index (χ0n) is 12.7. The highest BCUT2D eigenvalue weighted by Crippen LogP contribution is 2.34. The number of fused-ring (bicyclic) bond motifs is 1. The molecule has 0 atom stereocenters.